The van der Waals surface area contributed by atoms with Crippen LogP contribution < -0.4 is 9.47 Å². The zero-order valence-corrected chi connectivity index (χ0v) is 38.9. The van der Waals surface area contributed by atoms with Crippen LogP contribution in [-0.2, 0) is 4.74 Å². The van der Waals surface area contributed by atoms with Gasteiger partial charge in [0, 0.05) is 40.7 Å². The number of ether oxygens (including phenoxy) is 3. The van der Waals surface area contributed by atoms with Crippen molar-refractivity contribution in [1.29, 1.82) is 0 Å². The first kappa shape index (κ1) is 44.8. The Morgan fingerprint density at radius 2 is 0.982 bits per heavy atom. The summed E-state index contributed by atoms with van der Waals surface area (Å²) in [5, 5.41) is 2.42. The first-order valence-electron chi connectivity index (χ1n) is 22.2. The molecule has 5 aromatic rings. The first-order valence-corrected chi connectivity index (χ1v) is 25.5. The molecule has 4 aromatic heterocycles. The zero-order valence-electron chi connectivity index (χ0n) is 35.6. The van der Waals surface area contributed by atoms with Crippen molar-refractivity contribution >= 4 is 76.9 Å². The maximum absolute atomic E-state index is 6.83. The fraction of sp³-hybridized carbons (Fsp3) is 0.592. The summed E-state index contributed by atoms with van der Waals surface area (Å²) in [7, 11) is 0. The van der Waals surface area contributed by atoms with Gasteiger partial charge in [-0.1, -0.05) is 129 Å². The van der Waals surface area contributed by atoms with Crippen LogP contribution >= 0.6 is 45.3 Å². The molecule has 0 saturated carbocycles. The molecule has 3 nitrogen and oxygen atoms in total. The van der Waals surface area contributed by atoms with E-state index < -0.39 is 0 Å². The van der Waals surface area contributed by atoms with E-state index in [1.165, 1.54) is 171 Å². The van der Waals surface area contributed by atoms with Crippen LogP contribution in [0.1, 0.15) is 176 Å². The van der Waals surface area contributed by atoms with Crippen LogP contribution in [0.5, 0.6) is 11.5 Å². The normalized spacial score (nSPS) is 12.2. The Labute approximate surface area is 355 Å². The summed E-state index contributed by atoms with van der Waals surface area (Å²) in [6.07, 6.45) is 26.5. The van der Waals surface area contributed by atoms with Crippen molar-refractivity contribution in [3.8, 4) is 21.3 Å². The highest BCUT2D eigenvalue weighted by atomic mass is 32.1. The second kappa shape index (κ2) is 24.6. The SMILES string of the molecule is CCCCCCCCCCCCOc1c2cc(-c3ccc(/C(C)=C(\OCC)c4ccc(C)s4)s3)sc2c(OCCCCCCCCCCCC)c2cc(C)sc12. The van der Waals surface area contributed by atoms with Gasteiger partial charge in [0.15, 0.2) is 0 Å². The Hall–Kier alpha value is -2.32. The number of benzene rings is 1. The second-order valence-corrected chi connectivity index (χ2v) is 20.3. The minimum atomic E-state index is 0.651. The average Bonchev–Trinajstić information content (AvgIpc) is 4.02. The molecule has 0 radical (unpaired) electrons. The highest BCUT2D eigenvalue weighted by molar-refractivity contribution is 7.27. The number of rotatable bonds is 29. The van der Waals surface area contributed by atoms with Crippen LogP contribution in [-0.4, -0.2) is 19.8 Å². The summed E-state index contributed by atoms with van der Waals surface area (Å²) in [6, 6.07) is 13.7. The Kier molecular flexibility index (Phi) is 19.6. The maximum Gasteiger partial charge on any atom is 0.146 e. The van der Waals surface area contributed by atoms with Gasteiger partial charge in [-0.05, 0) is 76.9 Å². The summed E-state index contributed by atoms with van der Waals surface area (Å²) in [6.45, 7) is 15.4. The van der Waals surface area contributed by atoms with Crippen molar-refractivity contribution in [3.05, 3.63) is 55.9 Å². The summed E-state index contributed by atoms with van der Waals surface area (Å²) < 4.78 is 22.4. The fourth-order valence-corrected chi connectivity index (χ4v) is 11.8. The molecule has 0 saturated heterocycles. The van der Waals surface area contributed by atoms with Gasteiger partial charge in [0.1, 0.15) is 17.3 Å². The van der Waals surface area contributed by atoms with E-state index in [2.05, 4.69) is 77.9 Å². The van der Waals surface area contributed by atoms with E-state index in [0.29, 0.717) is 6.61 Å². The minimum absolute atomic E-state index is 0.651. The van der Waals surface area contributed by atoms with E-state index in [1.54, 1.807) is 11.3 Å². The van der Waals surface area contributed by atoms with Gasteiger partial charge in [0.25, 0.3) is 0 Å². The molecule has 0 aliphatic heterocycles. The van der Waals surface area contributed by atoms with Gasteiger partial charge in [0.05, 0.1) is 34.1 Å². The van der Waals surface area contributed by atoms with Crippen LogP contribution in [0.15, 0.2) is 36.4 Å². The standard InChI is InChI=1S/C49H70O3S4/c1-7-10-12-14-16-18-20-22-24-26-32-51-46-39-34-37(5)54-48(39)47(52-33-27-25-23-21-19-17-15-13-11-8-2)40-35-44(56-49(40)46)42-31-30-41(55-42)38(6)45(50-9-3)43-29-28-36(4)53-43/h28-31,34-35H,7-27,32-33H2,1-6H3/b45-38-. The molecule has 0 atom stereocenters. The van der Waals surface area contributed by atoms with Crippen LogP contribution in [0, 0.1) is 13.8 Å². The van der Waals surface area contributed by atoms with Gasteiger partial charge in [-0.2, -0.15) is 0 Å². The quantitative estimate of drug-likeness (QED) is 0.0355. The van der Waals surface area contributed by atoms with Crippen LogP contribution in [0.25, 0.3) is 41.3 Å². The lowest BCUT2D eigenvalue weighted by molar-refractivity contribution is 0.300. The molecule has 4 heterocycles. The highest BCUT2D eigenvalue weighted by Crippen LogP contribution is 2.52. The zero-order chi connectivity index (χ0) is 39.5. The molecule has 0 spiro atoms. The van der Waals surface area contributed by atoms with Crippen molar-refractivity contribution in [3.63, 3.8) is 0 Å². The van der Waals surface area contributed by atoms with Gasteiger partial charge in [-0.3, -0.25) is 0 Å². The van der Waals surface area contributed by atoms with Gasteiger partial charge in [-0.25, -0.2) is 0 Å². The Bertz CT molecular complexity index is 1820. The summed E-state index contributed by atoms with van der Waals surface area (Å²) >= 11 is 7.38. The predicted molar refractivity (Wildman–Crippen MR) is 253 cm³/mol. The Morgan fingerprint density at radius 1 is 0.482 bits per heavy atom. The van der Waals surface area contributed by atoms with E-state index in [0.717, 1.165) is 43.3 Å². The monoisotopic (exact) mass is 834 g/mol. The van der Waals surface area contributed by atoms with E-state index in [1.807, 2.05) is 34.0 Å². The van der Waals surface area contributed by atoms with Gasteiger partial charge >= 0.3 is 0 Å². The first-order chi connectivity index (χ1) is 27.4. The predicted octanol–water partition coefficient (Wildman–Crippen LogP) is 18.0. The summed E-state index contributed by atoms with van der Waals surface area (Å²) in [5.74, 6) is 3.10. The van der Waals surface area contributed by atoms with E-state index in [4.69, 9.17) is 14.2 Å². The highest BCUT2D eigenvalue weighted by Gasteiger charge is 2.23. The van der Waals surface area contributed by atoms with Gasteiger partial charge < -0.3 is 14.2 Å². The lowest BCUT2D eigenvalue weighted by Crippen LogP contribution is -2.00. The third-order valence-electron chi connectivity index (χ3n) is 10.8. The molecule has 0 amide bonds. The molecule has 0 aliphatic rings. The van der Waals surface area contributed by atoms with Crippen molar-refractivity contribution < 1.29 is 14.2 Å². The molecule has 308 valence electrons. The van der Waals surface area contributed by atoms with Gasteiger partial charge in [0.2, 0.25) is 0 Å². The lowest BCUT2D eigenvalue weighted by atomic mass is 10.1. The Balaban J connectivity index is 1.33. The molecule has 0 N–H and O–H groups in total. The summed E-state index contributed by atoms with van der Waals surface area (Å²) in [5.41, 5.74) is 1.20. The molecule has 0 fully saturated rings. The molecule has 7 heteroatoms. The van der Waals surface area contributed by atoms with Crippen LogP contribution in [0.4, 0.5) is 0 Å². The summed E-state index contributed by atoms with van der Waals surface area (Å²) in [4.78, 5) is 7.60. The number of allylic oxidation sites excluding steroid dienone is 1. The fourth-order valence-electron chi connectivity index (χ4n) is 7.61. The molecule has 56 heavy (non-hydrogen) atoms. The maximum atomic E-state index is 6.83. The number of fused-ring (bicyclic) bond motifs is 2. The molecular formula is C49H70O3S4. The third kappa shape index (κ3) is 13.1. The number of thiophene rings is 4. The van der Waals surface area contributed by atoms with Crippen LogP contribution in [0.2, 0.25) is 0 Å². The number of unbranched alkanes of at least 4 members (excludes halogenated alkanes) is 18. The third-order valence-corrected chi connectivity index (χ3v) is 15.4. The van der Waals surface area contributed by atoms with Crippen LogP contribution in [0.3, 0.4) is 0 Å². The Morgan fingerprint density at radius 3 is 1.50 bits per heavy atom. The van der Waals surface area contributed by atoms with E-state index >= 15 is 0 Å². The smallest absolute Gasteiger partial charge is 0.146 e. The average molecular weight is 835 g/mol. The molecule has 0 aliphatic carbocycles. The molecule has 0 unspecified atom stereocenters. The topological polar surface area (TPSA) is 27.7 Å². The number of hydrogen-bond acceptors (Lipinski definition) is 7. The minimum Gasteiger partial charge on any atom is -0.492 e. The largest absolute Gasteiger partial charge is 0.492 e. The molecule has 5 rings (SSSR count). The lowest BCUT2D eigenvalue weighted by Gasteiger charge is -2.14. The molecule has 0 bridgehead atoms. The van der Waals surface area contributed by atoms with Gasteiger partial charge in [-0.15, -0.1) is 45.3 Å². The number of aryl methyl sites for hydroxylation is 2. The van der Waals surface area contributed by atoms with Crippen molar-refractivity contribution in [2.24, 2.45) is 0 Å². The second-order valence-electron chi connectivity index (χ2n) is 15.6. The molecule has 1 aromatic carbocycles. The molecular weight excluding hydrogens is 765 g/mol. The van der Waals surface area contributed by atoms with E-state index in [9.17, 15) is 0 Å². The van der Waals surface area contributed by atoms with Crippen molar-refractivity contribution in [2.75, 3.05) is 19.8 Å². The van der Waals surface area contributed by atoms with Crippen molar-refractivity contribution in [1.82, 2.24) is 0 Å². The van der Waals surface area contributed by atoms with E-state index in [-0.39, 0.29) is 0 Å². The number of hydrogen-bond donors (Lipinski definition) is 0. The van der Waals surface area contributed by atoms with Crippen molar-refractivity contribution in [2.45, 2.75) is 170 Å².